The predicted molar refractivity (Wildman–Crippen MR) is 94.7 cm³/mol. The van der Waals surface area contributed by atoms with Crippen molar-refractivity contribution in [2.75, 3.05) is 0 Å². The number of nitrogens with zero attached hydrogens (tertiary/aromatic N) is 5. The van der Waals surface area contributed by atoms with Crippen molar-refractivity contribution in [3.05, 3.63) is 58.8 Å². The van der Waals surface area contributed by atoms with Crippen LogP contribution in [0.3, 0.4) is 0 Å². The summed E-state index contributed by atoms with van der Waals surface area (Å²) in [6.45, 7) is 1.42. The quantitative estimate of drug-likeness (QED) is 0.683. The molecule has 6 nitrogen and oxygen atoms in total. The molecule has 1 aliphatic heterocycles. The molecule has 3 atom stereocenters. The molecule has 0 bridgehead atoms. The van der Waals surface area contributed by atoms with Crippen molar-refractivity contribution in [3.8, 4) is 0 Å². The molecule has 2 aliphatic rings. The minimum Gasteiger partial charge on any atom is -0.327 e. The molecule has 1 aliphatic carbocycles. The van der Waals surface area contributed by atoms with Crippen LogP contribution in [0.25, 0.3) is 5.65 Å². The van der Waals surface area contributed by atoms with Crippen LogP contribution >= 0.6 is 0 Å². The van der Waals surface area contributed by atoms with E-state index in [0.717, 1.165) is 35.9 Å². The summed E-state index contributed by atoms with van der Waals surface area (Å²) in [4.78, 5) is 6.67. The number of hydrogen-bond acceptors (Lipinski definition) is 5. The Kier molecular flexibility index (Phi) is 4.09. The fraction of sp³-hybridized carbons (Fsp3) is 0.421. The lowest BCUT2D eigenvalue weighted by molar-refractivity contribution is 0.136. The van der Waals surface area contributed by atoms with Crippen molar-refractivity contribution in [3.63, 3.8) is 0 Å². The average Bonchev–Trinajstić information content (AvgIpc) is 3.23. The third-order valence-electron chi connectivity index (χ3n) is 6.00. The molecule has 1 fully saturated rings. The Labute approximate surface area is 159 Å². The Balaban J connectivity index is 1.32. The zero-order valence-corrected chi connectivity index (χ0v) is 15.0. The molecule has 1 aromatic carbocycles. The standard InChI is InChI=1S/C19H19F3N6/c20-14-7-16(22)15(21)6-12(14)11-2-1-10(5-17(11)23)27-8-13-18(9-27)26-28-19(13)24-3-4-25-28/h3-4,6-7,10-11,17H,1-2,5,8-9,23H2/t10-,11?,17-/m0/s1. The summed E-state index contributed by atoms with van der Waals surface area (Å²) in [6.07, 6.45) is 5.33. The van der Waals surface area contributed by atoms with Crippen molar-refractivity contribution >= 4 is 5.65 Å². The van der Waals surface area contributed by atoms with E-state index in [2.05, 4.69) is 20.1 Å². The van der Waals surface area contributed by atoms with Gasteiger partial charge < -0.3 is 5.73 Å². The van der Waals surface area contributed by atoms with Crippen LogP contribution in [0.15, 0.2) is 24.5 Å². The van der Waals surface area contributed by atoms with Crippen molar-refractivity contribution in [1.29, 1.82) is 0 Å². The van der Waals surface area contributed by atoms with Gasteiger partial charge in [-0.3, -0.25) is 4.90 Å². The summed E-state index contributed by atoms with van der Waals surface area (Å²) in [5.41, 5.74) is 9.33. The van der Waals surface area contributed by atoms with Crippen LogP contribution in [0.4, 0.5) is 13.2 Å². The van der Waals surface area contributed by atoms with E-state index in [9.17, 15) is 13.2 Å². The first kappa shape index (κ1) is 17.6. The Hall–Kier alpha value is -2.52. The zero-order valence-electron chi connectivity index (χ0n) is 15.0. The van der Waals surface area contributed by atoms with Gasteiger partial charge in [0.25, 0.3) is 0 Å². The van der Waals surface area contributed by atoms with Gasteiger partial charge in [-0.15, -0.1) is 4.63 Å². The van der Waals surface area contributed by atoms with Gasteiger partial charge in [0, 0.05) is 48.9 Å². The molecule has 3 aromatic rings. The Morgan fingerprint density at radius 3 is 2.64 bits per heavy atom. The van der Waals surface area contributed by atoms with Crippen LogP contribution in [0, 0.1) is 17.5 Å². The fourth-order valence-corrected chi connectivity index (χ4v) is 4.60. The van der Waals surface area contributed by atoms with Gasteiger partial charge in [-0.05, 0) is 30.9 Å². The van der Waals surface area contributed by atoms with Crippen molar-refractivity contribution in [2.45, 2.75) is 50.4 Å². The summed E-state index contributed by atoms with van der Waals surface area (Å²) in [5, 5.41) is 8.66. The van der Waals surface area contributed by atoms with E-state index in [4.69, 9.17) is 5.73 Å². The van der Waals surface area contributed by atoms with Gasteiger partial charge in [-0.25, -0.2) is 18.2 Å². The molecule has 3 heterocycles. The fourth-order valence-electron chi connectivity index (χ4n) is 4.60. The van der Waals surface area contributed by atoms with Crippen LogP contribution in [0.1, 0.15) is 42.0 Å². The molecule has 2 N–H and O–H groups in total. The van der Waals surface area contributed by atoms with Crippen molar-refractivity contribution in [1.82, 2.24) is 24.7 Å². The first-order chi connectivity index (χ1) is 13.5. The second-order valence-electron chi connectivity index (χ2n) is 7.61. The normalized spacial score (nSPS) is 25.4. The van der Waals surface area contributed by atoms with Gasteiger partial charge >= 0.3 is 0 Å². The second-order valence-corrected chi connectivity index (χ2v) is 7.61. The van der Waals surface area contributed by atoms with Crippen molar-refractivity contribution in [2.24, 2.45) is 5.73 Å². The maximum Gasteiger partial charge on any atom is 0.180 e. The predicted octanol–water partition coefficient (Wildman–Crippen LogP) is 2.52. The molecular formula is C19H19F3N6. The molecule has 28 heavy (non-hydrogen) atoms. The Morgan fingerprint density at radius 1 is 1.00 bits per heavy atom. The van der Waals surface area contributed by atoms with E-state index < -0.39 is 17.5 Å². The van der Waals surface area contributed by atoms with Crippen LogP contribution in [-0.4, -0.2) is 36.8 Å². The molecule has 5 rings (SSSR count). The van der Waals surface area contributed by atoms with Gasteiger partial charge in [0.05, 0.1) is 11.9 Å². The van der Waals surface area contributed by atoms with Gasteiger partial charge in [0.2, 0.25) is 0 Å². The highest BCUT2D eigenvalue weighted by atomic mass is 19.2. The van der Waals surface area contributed by atoms with Crippen LogP contribution < -0.4 is 5.73 Å². The largest absolute Gasteiger partial charge is 0.327 e. The SMILES string of the molecule is N[C@H]1C[C@@H](N2Cc3nn4nccnc4c3C2)CCC1c1cc(F)c(F)cc1F. The summed E-state index contributed by atoms with van der Waals surface area (Å²) in [6, 6.07) is 1.46. The van der Waals surface area contributed by atoms with Gasteiger partial charge in [0.1, 0.15) is 5.82 Å². The maximum atomic E-state index is 14.2. The smallest absolute Gasteiger partial charge is 0.180 e. The minimum absolute atomic E-state index is 0.169. The average molecular weight is 388 g/mol. The number of halogens is 3. The molecule has 0 amide bonds. The molecule has 9 heteroatoms. The summed E-state index contributed by atoms with van der Waals surface area (Å²) >= 11 is 0. The number of fused-ring (bicyclic) bond motifs is 3. The van der Waals surface area contributed by atoms with E-state index in [1.54, 1.807) is 17.0 Å². The number of hydrogen-bond donors (Lipinski definition) is 1. The second kappa shape index (κ2) is 6.52. The molecule has 0 saturated heterocycles. The van der Waals surface area contributed by atoms with Crippen molar-refractivity contribution < 1.29 is 13.2 Å². The Morgan fingerprint density at radius 2 is 1.82 bits per heavy atom. The molecule has 146 valence electrons. The van der Waals surface area contributed by atoms with Gasteiger partial charge in [-0.1, -0.05) is 0 Å². The van der Waals surface area contributed by atoms with E-state index in [1.807, 2.05) is 0 Å². The van der Waals surface area contributed by atoms with E-state index in [-0.39, 0.29) is 23.6 Å². The van der Waals surface area contributed by atoms with E-state index in [1.165, 1.54) is 0 Å². The van der Waals surface area contributed by atoms with E-state index in [0.29, 0.717) is 25.5 Å². The third kappa shape index (κ3) is 2.77. The first-order valence-electron chi connectivity index (χ1n) is 9.33. The highest BCUT2D eigenvalue weighted by Crippen LogP contribution is 2.38. The highest BCUT2D eigenvalue weighted by molar-refractivity contribution is 5.50. The molecule has 1 unspecified atom stereocenters. The summed E-state index contributed by atoms with van der Waals surface area (Å²) < 4.78 is 42.6. The number of rotatable bonds is 2. The van der Waals surface area contributed by atoms with Gasteiger partial charge in [-0.2, -0.15) is 10.2 Å². The zero-order chi connectivity index (χ0) is 19.4. The lowest BCUT2D eigenvalue weighted by Gasteiger charge is -2.38. The number of aromatic nitrogens is 4. The monoisotopic (exact) mass is 388 g/mol. The molecule has 2 aromatic heterocycles. The summed E-state index contributed by atoms with van der Waals surface area (Å²) in [5.74, 6) is -3.26. The molecule has 1 saturated carbocycles. The van der Waals surface area contributed by atoms with Crippen LogP contribution in [0.2, 0.25) is 0 Å². The Bertz CT molecular complexity index is 1050. The number of nitrogens with two attached hydrogens (primary N) is 1. The number of benzene rings is 1. The van der Waals surface area contributed by atoms with E-state index >= 15 is 0 Å². The minimum atomic E-state index is -1.17. The maximum absolute atomic E-state index is 14.2. The molecule has 0 radical (unpaired) electrons. The molecular weight excluding hydrogens is 369 g/mol. The van der Waals surface area contributed by atoms with Crippen LogP contribution in [0.5, 0.6) is 0 Å². The van der Waals surface area contributed by atoms with Gasteiger partial charge in [0.15, 0.2) is 17.3 Å². The molecule has 0 spiro atoms. The first-order valence-corrected chi connectivity index (χ1v) is 9.33. The van der Waals surface area contributed by atoms with Crippen LogP contribution in [-0.2, 0) is 13.1 Å². The topological polar surface area (TPSA) is 72.3 Å². The third-order valence-corrected chi connectivity index (χ3v) is 6.00. The lowest BCUT2D eigenvalue weighted by atomic mass is 9.77. The summed E-state index contributed by atoms with van der Waals surface area (Å²) in [7, 11) is 0. The highest BCUT2D eigenvalue weighted by Gasteiger charge is 2.37. The lowest BCUT2D eigenvalue weighted by Crippen LogP contribution is -2.44.